The molecule has 1 aliphatic heterocycles. The van der Waals surface area contributed by atoms with E-state index in [1.54, 1.807) is 31.3 Å². The number of thioether (sulfide) groups is 1. The Bertz CT molecular complexity index is 1020. The van der Waals surface area contributed by atoms with Gasteiger partial charge < -0.3 is 25.1 Å². The lowest BCUT2D eigenvalue weighted by atomic mass is 10.1. The number of phenolic OH excluding ortho intramolecular Hbond substituents is 2. The van der Waals surface area contributed by atoms with Crippen LogP contribution in [0.3, 0.4) is 0 Å². The topological polar surface area (TPSA) is 131 Å². The normalized spacial score (nSPS) is 17.4. The van der Waals surface area contributed by atoms with Crippen LogP contribution in [0.4, 0.5) is 0 Å². The molecule has 0 spiro atoms. The van der Waals surface area contributed by atoms with Crippen LogP contribution in [0.1, 0.15) is 25.3 Å². The van der Waals surface area contributed by atoms with E-state index in [4.69, 9.17) is 0 Å². The summed E-state index contributed by atoms with van der Waals surface area (Å²) in [4.78, 5) is 45.5. The van der Waals surface area contributed by atoms with Crippen molar-refractivity contribution in [3.63, 3.8) is 0 Å². The van der Waals surface area contributed by atoms with Gasteiger partial charge in [-0.25, -0.2) is 4.98 Å². The molecule has 10 heteroatoms. The molecule has 0 bridgehead atoms. The second-order valence-electron chi connectivity index (χ2n) is 7.95. The molecule has 2 amide bonds. The summed E-state index contributed by atoms with van der Waals surface area (Å²) in [5, 5.41) is 29.8. The summed E-state index contributed by atoms with van der Waals surface area (Å²) >= 11 is 0.994. The zero-order valence-corrected chi connectivity index (χ0v) is 19.2. The van der Waals surface area contributed by atoms with Crippen LogP contribution in [-0.4, -0.2) is 78.8 Å². The second-order valence-corrected chi connectivity index (χ2v) is 8.97. The van der Waals surface area contributed by atoms with Crippen molar-refractivity contribution in [2.45, 2.75) is 49.4 Å². The van der Waals surface area contributed by atoms with E-state index in [1.807, 2.05) is 0 Å². The van der Waals surface area contributed by atoms with Gasteiger partial charge in [-0.05, 0) is 61.4 Å². The Labute approximate surface area is 196 Å². The molecule has 0 saturated carbocycles. The quantitative estimate of drug-likeness (QED) is 0.408. The molecule has 2 heterocycles. The maximum atomic E-state index is 13.1. The number of pyridine rings is 1. The number of likely N-dealkylation sites (N-methyl/N-ethyl adjacent to an activating group) is 1. The van der Waals surface area contributed by atoms with Crippen molar-refractivity contribution in [1.29, 1.82) is 0 Å². The molecule has 1 aliphatic rings. The Morgan fingerprint density at radius 3 is 2.64 bits per heavy atom. The molecule has 1 aromatic heterocycles. The first-order valence-corrected chi connectivity index (χ1v) is 11.4. The number of nitrogens with zero attached hydrogens (tertiary/aromatic N) is 3. The van der Waals surface area contributed by atoms with Crippen LogP contribution >= 0.6 is 11.8 Å². The minimum atomic E-state index is -1.44. The largest absolute Gasteiger partial charge is 0.504 e. The van der Waals surface area contributed by atoms with Crippen molar-refractivity contribution in [2.24, 2.45) is 0 Å². The molecular weight excluding hydrogens is 446 g/mol. The number of hydrogen-bond donors (Lipinski definition) is 3. The first kappa shape index (κ1) is 24.5. The van der Waals surface area contributed by atoms with E-state index in [0.717, 1.165) is 11.8 Å². The molecular formula is C23H27N3O6S. The highest BCUT2D eigenvalue weighted by molar-refractivity contribution is 8.13. The van der Waals surface area contributed by atoms with E-state index in [0.29, 0.717) is 30.0 Å². The van der Waals surface area contributed by atoms with E-state index in [2.05, 4.69) is 4.98 Å². The van der Waals surface area contributed by atoms with Crippen molar-refractivity contribution < 1.29 is 29.7 Å². The number of aromatic nitrogens is 1. The minimum Gasteiger partial charge on any atom is -0.504 e. The number of phenols is 2. The van der Waals surface area contributed by atoms with Gasteiger partial charge in [-0.15, -0.1) is 0 Å². The first-order valence-electron chi connectivity index (χ1n) is 10.6. The van der Waals surface area contributed by atoms with E-state index in [-0.39, 0.29) is 28.9 Å². The van der Waals surface area contributed by atoms with Gasteiger partial charge >= 0.3 is 0 Å². The molecule has 0 radical (unpaired) electrons. The summed E-state index contributed by atoms with van der Waals surface area (Å²) in [6, 6.07) is 7.81. The molecule has 3 N–H and O–H groups in total. The average molecular weight is 474 g/mol. The van der Waals surface area contributed by atoms with Crippen LogP contribution in [-0.2, 0) is 20.8 Å². The first-order chi connectivity index (χ1) is 15.7. The number of benzene rings is 1. The van der Waals surface area contributed by atoms with Crippen LogP contribution in [0.15, 0.2) is 47.6 Å². The smallest absolute Gasteiger partial charge is 0.252 e. The van der Waals surface area contributed by atoms with Crippen molar-refractivity contribution in [2.75, 3.05) is 13.6 Å². The third-order valence-electron chi connectivity index (χ3n) is 5.69. The molecule has 1 aromatic carbocycles. The maximum Gasteiger partial charge on any atom is 0.252 e. The highest BCUT2D eigenvalue weighted by Crippen LogP contribution is 2.28. The van der Waals surface area contributed by atoms with Gasteiger partial charge in [-0.1, -0.05) is 12.1 Å². The van der Waals surface area contributed by atoms with E-state index in [9.17, 15) is 29.7 Å². The fourth-order valence-corrected chi connectivity index (χ4v) is 4.54. The van der Waals surface area contributed by atoms with Gasteiger partial charge in [0.25, 0.3) is 5.91 Å². The molecule has 2 aromatic rings. The predicted octanol–water partition coefficient (Wildman–Crippen LogP) is 1.55. The van der Waals surface area contributed by atoms with Gasteiger partial charge in [0, 0.05) is 26.2 Å². The average Bonchev–Trinajstić information content (AvgIpc) is 3.30. The van der Waals surface area contributed by atoms with Gasteiger partial charge in [0.2, 0.25) is 11.0 Å². The number of carbonyl (C=O) groups is 3. The summed E-state index contributed by atoms with van der Waals surface area (Å²) in [5.74, 6) is -1.67. The lowest BCUT2D eigenvalue weighted by Crippen LogP contribution is -2.52. The maximum absolute atomic E-state index is 13.1. The van der Waals surface area contributed by atoms with Crippen LogP contribution in [0, 0.1) is 0 Å². The highest BCUT2D eigenvalue weighted by atomic mass is 32.2. The fourth-order valence-electron chi connectivity index (χ4n) is 3.69. The van der Waals surface area contributed by atoms with Gasteiger partial charge in [0.15, 0.2) is 11.5 Å². The Balaban J connectivity index is 1.62. The monoisotopic (exact) mass is 473 g/mol. The number of rotatable bonds is 7. The number of aromatic hydroxyl groups is 2. The Morgan fingerprint density at radius 2 is 1.97 bits per heavy atom. The molecule has 1 fully saturated rings. The SMILES string of the molecule is CC(C(=O)N1CCCC1C(=O)Sc1ccccn1)N(C)C(=O)C(O)Cc1ccc(O)c(O)c1. The molecule has 3 unspecified atom stereocenters. The van der Waals surface area contributed by atoms with Crippen molar-refractivity contribution in [3.05, 3.63) is 48.2 Å². The lowest BCUT2D eigenvalue weighted by Gasteiger charge is -2.32. The van der Waals surface area contributed by atoms with Crippen LogP contribution in [0.5, 0.6) is 11.5 Å². The summed E-state index contributed by atoms with van der Waals surface area (Å²) in [6.07, 6.45) is 1.29. The standard InChI is InChI=1S/C23H27N3O6S/c1-14(25(2)22(31)19(29)13-15-8-9-17(27)18(28)12-15)21(30)26-11-5-6-16(26)23(32)33-20-7-3-4-10-24-20/h3-4,7-10,12,14,16,19,27-29H,5-6,11,13H2,1-2H3. The van der Waals surface area contributed by atoms with Crippen LogP contribution < -0.4 is 0 Å². The van der Waals surface area contributed by atoms with E-state index in [1.165, 1.54) is 35.0 Å². The third kappa shape index (κ3) is 5.82. The number of aliphatic hydroxyl groups is 1. The van der Waals surface area contributed by atoms with Crippen LogP contribution in [0.2, 0.25) is 0 Å². The molecule has 9 nitrogen and oxygen atoms in total. The molecule has 33 heavy (non-hydrogen) atoms. The molecule has 1 saturated heterocycles. The molecule has 176 valence electrons. The molecule has 3 atom stereocenters. The summed E-state index contributed by atoms with van der Waals surface area (Å²) in [6.45, 7) is 1.98. The number of likely N-dealkylation sites (tertiary alicyclic amines) is 1. The summed E-state index contributed by atoms with van der Waals surface area (Å²) in [5.41, 5.74) is 0.454. The van der Waals surface area contributed by atoms with Crippen molar-refractivity contribution in [1.82, 2.24) is 14.8 Å². The number of aliphatic hydroxyl groups excluding tert-OH is 1. The van der Waals surface area contributed by atoms with E-state index >= 15 is 0 Å². The Hall–Kier alpha value is -3.11. The number of carbonyl (C=O) groups excluding carboxylic acids is 3. The third-order valence-corrected chi connectivity index (χ3v) is 6.61. The van der Waals surface area contributed by atoms with E-state index < -0.39 is 24.1 Å². The molecule has 3 rings (SSSR count). The summed E-state index contributed by atoms with van der Waals surface area (Å²) in [7, 11) is 1.43. The second kappa shape index (κ2) is 10.7. The van der Waals surface area contributed by atoms with Gasteiger partial charge in [0.05, 0.1) is 0 Å². The Morgan fingerprint density at radius 1 is 1.21 bits per heavy atom. The zero-order valence-electron chi connectivity index (χ0n) is 18.4. The lowest BCUT2D eigenvalue weighted by molar-refractivity contribution is -0.149. The number of hydrogen-bond acceptors (Lipinski definition) is 8. The Kier molecular flexibility index (Phi) is 7.93. The predicted molar refractivity (Wildman–Crippen MR) is 122 cm³/mol. The zero-order chi connectivity index (χ0) is 24.1. The fraction of sp³-hybridized carbons (Fsp3) is 0.391. The summed E-state index contributed by atoms with van der Waals surface area (Å²) < 4.78 is 0. The number of amides is 2. The minimum absolute atomic E-state index is 0.0938. The van der Waals surface area contributed by atoms with Crippen molar-refractivity contribution in [3.8, 4) is 11.5 Å². The molecule has 0 aliphatic carbocycles. The van der Waals surface area contributed by atoms with Gasteiger partial charge in [-0.2, -0.15) is 0 Å². The van der Waals surface area contributed by atoms with Crippen LogP contribution in [0.25, 0.3) is 0 Å². The van der Waals surface area contributed by atoms with Gasteiger partial charge in [-0.3, -0.25) is 14.4 Å². The highest BCUT2D eigenvalue weighted by Gasteiger charge is 2.38. The van der Waals surface area contributed by atoms with Gasteiger partial charge in [0.1, 0.15) is 23.2 Å². The van der Waals surface area contributed by atoms with Crippen molar-refractivity contribution >= 4 is 28.7 Å².